The highest BCUT2D eigenvalue weighted by Crippen LogP contribution is 2.43. The summed E-state index contributed by atoms with van der Waals surface area (Å²) in [5.41, 5.74) is 7.60. The van der Waals surface area contributed by atoms with Crippen LogP contribution in [-0.4, -0.2) is 15.0 Å². The molecule has 4 heterocycles. The van der Waals surface area contributed by atoms with Crippen molar-refractivity contribution >= 4 is 87.4 Å². The Labute approximate surface area is 300 Å². The summed E-state index contributed by atoms with van der Waals surface area (Å²) in [6.45, 7) is 0. The monoisotopic (exact) mass is 679 g/mol. The van der Waals surface area contributed by atoms with Gasteiger partial charge in [0.2, 0.25) is 0 Å². The molecule has 0 fully saturated rings. The van der Waals surface area contributed by atoms with E-state index in [0.717, 1.165) is 104 Å². The van der Waals surface area contributed by atoms with Crippen molar-refractivity contribution in [1.29, 1.82) is 0 Å². The zero-order valence-corrected chi connectivity index (χ0v) is 28.0. The highest BCUT2D eigenvalue weighted by Gasteiger charge is 2.22. The number of hydrogen-bond donors (Lipinski definition) is 0. The van der Waals surface area contributed by atoms with Gasteiger partial charge in [-0.2, -0.15) is 0 Å². The zero-order valence-electron chi connectivity index (χ0n) is 28.0. The summed E-state index contributed by atoms with van der Waals surface area (Å²) in [6, 6.07) is 51.5. The molecule has 12 rings (SSSR count). The maximum absolute atomic E-state index is 6.49. The third-order valence-electron chi connectivity index (χ3n) is 10.5. The molecule has 0 N–H and O–H groups in total. The van der Waals surface area contributed by atoms with Gasteiger partial charge in [0.1, 0.15) is 33.5 Å². The molecule has 53 heavy (non-hydrogen) atoms. The van der Waals surface area contributed by atoms with Gasteiger partial charge in [0.15, 0.2) is 17.5 Å². The van der Waals surface area contributed by atoms with Gasteiger partial charge in [0.05, 0.1) is 0 Å². The first-order valence-electron chi connectivity index (χ1n) is 17.6. The van der Waals surface area contributed by atoms with E-state index in [1.807, 2.05) is 72.8 Å². The van der Waals surface area contributed by atoms with E-state index in [0.29, 0.717) is 17.5 Å². The van der Waals surface area contributed by atoms with E-state index < -0.39 is 0 Å². The number of rotatable bonds is 3. The molecular formula is C47H25N3O3. The van der Waals surface area contributed by atoms with Crippen molar-refractivity contribution in [3.63, 3.8) is 0 Å². The van der Waals surface area contributed by atoms with Gasteiger partial charge >= 0.3 is 0 Å². The lowest BCUT2D eigenvalue weighted by Gasteiger charge is -2.12. The van der Waals surface area contributed by atoms with Crippen LogP contribution in [0.1, 0.15) is 0 Å². The molecule has 0 aliphatic carbocycles. The Morgan fingerprint density at radius 2 is 0.774 bits per heavy atom. The van der Waals surface area contributed by atoms with E-state index in [1.165, 1.54) is 0 Å². The lowest BCUT2D eigenvalue weighted by atomic mass is 9.95. The molecule has 12 aromatic rings. The van der Waals surface area contributed by atoms with Crippen LogP contribution in [0.15, 0.2) is 165 Å². The molecule has 4 aromatic heterocycles. The van der Waals surface area contributed by atoms with Crippen molar-refractivity contribution in [3.8, 4) is 34.2 Å². The lowest BCUT2D eigenvalue weighted by Crippen LogP contribution is -2.01. The van der Waals surface area contributed by atoms with Crippen LogP contribution >= 0.6 is 0 Å². The van der Waals surface area contributed by atoms with E-state index in [1.54, 1.807) is 0 Å². The molecule has 246 valence electrons. The van der Waals surface area contributed by atoms with Gasteiger partial charge in [-0.25, -0.2) is 15.0 Å². The summed E-state index contributed by atoms with van der Waals surface area (Å²) < 4.78 is 19.1. The summed E-state index contributed by atoms with van der Waals surface area (Å²) >= 11 is 0. The Balaban J connectivity index is 1.17. The molecule has 8 aromatic carbocycles. The van der Waals surface area contributed by atoms with E-state index >= 15 is 0 Å². The summed E-state index contributed by atoms with van der Waals surface area (Å²) in [7, 11) is 0. The first-order chi connectivity index (χ1) is 26.3. The molecular weight excluding hydrogens is 655 g/mol. The molecule has 0 bridgehead atoms. The number of hydrogen-bond acceptors (Lipinski definition) is 6. The normalized spacial score (nSPS) is 12.2. The van der Waals surface area contributed by atoms with E-state index in [-0.39, 0.29) is 0 Å². The first kappa shape index (κ1) is 28.4. The molecule has 0 radical (unpaired) electrons. The molecule has 0 saturated carbocycles. The van der Waals surface area contributed by atoms with Crippen molar-refractivity contribution in [2.75, 3.05) is 0 Å². The Morgan fingerprint density at radius 3 is 1.38 bits per heavy atom. The van der Waals surface area contributed by atoms with Gasteiger partial charge in [-0.15, -0.1) is 0 Å². The average Bonchev–Trinajstić information content (AvgIpc) is 3.92. The molecule has 0 aliphatic heterocycles. The summed E-state index contributed by atoms with van der Waals surface area (Å²) in [5.74, 6) is 1.70. The lowest BCUT2D eigenvalue weighted by molar-refractivity contribution is 0.668. The fourth-order valence-electron chi connectivity index (χ4n) is 8.21. The minimum atomic E-state index is 0.563. The smallest absolute Gasteiger partial charge is 0.164 e. The Kier molecular flexibility index (Phi) is 5.68. The van der Waals surface area contributed by atoms with Gasteiger partial charge in [-0.05, 0) is 52.6 Å². The van der Waals surface area contributed by atoms with Gasteiger partial charge < -0.3 is 13.3 Å². The van der Waals surface area contributed by atoms with E-state index in [9.17, 15) is 0 Å². The SMILES string of the molecule is c1ccc2c(c1)oc1cccc(-c3nc(-c4ccc5c(c4)c4ccccc4c4oc6ccccc6c54)nc(-c4cccc5oc6ccccc6c45)n3)c12. The fourth-order valence-corrected chi connectivity index (χ4v) is 8.21. The maximum Gasteiger partial charge on any atom is 0.164 e. The molecule has 0 aliphatic rings. The molecule has 0 amide bonds. The number of fused-ring (bicyclic) bond motifs is 14. The van der Waals surface area contributed by atoms with Crippen LogP contribution in [0, 0.1) is 0 Å². The van der Waals surface area contributed by atoms with Gasteiger partial charge in [-0.1, -0.05) is 115 Å². The van der Waals surface area contributed by atoms with Crippen LogP contribution < -0.4 is 0 Å². The molecule has 6 heteroatoms. The molecule has 0 unspecified atom stereocenters. The molecule has 0 atom stereocenters. The highest BCUT2D eigenvalue weighted by molar-refractivity contribution is 6.30. The molecule has 0 saturated heterocycles. The molecule has 6 nitrogen and oxygen atoms in total. The molecule has 0 spiro atoms. The second kappa shape index (κ2) is 10.6. The zero-order chi connectivity index (χ0) is 34.6. The van der Waals surface area contributed by atoms with Crippen LogP contribution in [-0.2, 0) is 0 Å². The number of benzene rings is 8. The maximum atomic E-state index is 6.49. The Morgan fingerprint density at radius 1 is 0.302 bits per heavy atom. The topological polar surface area (TPSA) is 78.1 Å². The summed E-state index contributed by atoms with van der Waals surface area (Å²) in [4.78, 5) is 15.7. The van der Waals surface area contributed by atoms with E-state index in [2.05, 4.69) is 78.9 Å². The third-order valence-corrected chi connectivity index (χ3v) is 10.5. The first-order valence-corrected chi connectivity index (χ1v) is 17.6. The van der Waals surface area contributed by atoms with Crippen molar-refractivity contribution in [2.24, 2.45) is 0 Å². The van der Waals surface area contributed by atoms with Gasteiger partial charge in [0.25, 0.3) is 0 Å². The minimum Gasteiger partial charge on any atom is -0.456 e. The largest absolute Gasteiger partial charge is 0.456 e. The van der Waals surface area contributed by atoms with Crippen LogP contribution in [0.4, 0.5) is 0 Å². The van der Waals surface area contributed by atoms with Gasteiger partial charge in [-0.3, -0.25) is 0 Å². The standard InChI is InChI=1S/C47H25N3O3/c1-2-12-29-27(11-1)35-25-26(23-24-28(35)43-32-15-5-8-20-38(32)53-44(29)43)45-48-46(33-16-9-21-39-41(33)30-13-3-6-18-36(30)51-39)50-47(49-45)34-17-10-22-40-42(34)31-14-4-7-19-37(31)52-40/h1-25H. The van der Waals surface area contributed by atoms with Crippen molar-refractivity contribution in [2.45, 2.75) is 0 Å². The summed E-state index contributed by atoms with van der Waals surface area (Å²) in [6.07, 6.45) is 0. The Hall–Kier alpha value is -7.31. The van der Waals surface area contributed by atoms with Crippen LogP contribution in [0.3, 0.4) is 0 Å². The van der Waals surface area contributed by atoms with Crippen LogP contribution in [0.5, 0.6) is 0 Å². The second-order valence-corrected chi connectivity index (χ2v) is 13.5. The van der Waals surface area contributed by atoms with Crippen LogP contribution in [0.2, 0.25) is 0 Å². The van der Waals surface area contributed by atoms with E-state index in [4.69, 9.17) is 28.2 Å². The predicted octanol–water partition coefficient (Wildman–Crippen LogP) is 12.9. The van der Waals surface area contributed by atoms with Gasteiger partial charge in [0, 0.05) is 54.4 Å². The highest BCUT2D eigenvalue weighted by atomic mass is 16.3. The predicted molar refractivity (Wildman–Crippen MR) is 213 cm³/mol. The second-order valence-electron chi connectivity index (χ2n) is 13.5. The quantitative estimate of drug-likeness (QED) is 0.173. The number of furan rings is 3. The number of para-hydroxylation sites is 3. The average molecular weight is 680 g/mol. The van der Waals surface area contributed by atoms with Crippen LogP contribution in [0.25, 0.3) is 122 Å². The Bertz CT molecular complexity index is 3350. The number of nitrogens with zero attached hydrogens (tertiary/aromatic N) is 3. The van der Waals surface area contributed by atoms with Crippen molar-refractivity contribution in [1.82, 2.24) is 15.0 Å². The van der Waals surface area contributed by atoms with Crippen molar-refractivity contribution < 1.29 is 13.3 Å². The third kappa shape index (κ3) is 4.06. The minimum absolute atomic E-state index is 0.563. The fraction of sp³-hybridized carbons (Fsp3) is 0. The summed E-state index contributed by atoms with van der Waals surface area (Å²) in [5, 5.41) is 10.6. The number of aromatic nitrogens is 3. The van der Waals surface area contributed by atoms with Crippen molar-refractivity contribution in [3.05, 3.63) is 152 Å².